The Labute approximate surface area is 168 Å². The average molecular weight is 393 g/mol. The van der Waals surface area contributed by atoms with Gasteiger partial charge in [0.1, 0.15) is 12.1 Å². The van der Waals surface area contributed by atoms with Gasteiger partial charge in [-0.2, -0.15) is 0 Å². The molecule has 1 fully saturated rings. The highest BCUT2D eigenvalue weighted by atomic mass is 16.7. The highest BCUT2D eigenvalue weighted by molar-refractivity contribution is 5.83. The Hall–Kier alpha value is -3.13. The average Bonchev–Trinajstić information content (AvgIpc) is 3.17. The normalized spacial score (nSPS) is 16.6. The number of rotatable bonds is 3. The van der Waals surface area contributed by atoms with Crippen LogP contribution in [0, 0.1) is 13.8 Å². The van der Waals surface area contributed by atoms with Crippen LogP contribution in [0.25, 0.3) is 10.9 Å². The van der Waals surface area contributed by atoms with Crippen LogP contribution in [0.5, 0.6) is 11.5 Å². The molecule has 0 amide bonds. The van der Waals surface area contributed by atoms with Crippen molar-refractivity contribution < 1.29 is 9.47 Å². The lowest BCUT2D eigenvalue weighted by Gasteiger charge is -2.36. The second-order valence-corrected chi connectivity index (χ2v) is 7.59. The van der Waals surface area contributed by atoms with Crippen molar-refractivity contribution in [1.29, 1.82) is 0 Å². The number of anilines is 1. The quantitative estimate of drug-likeness (QED) is 0.728. The molecule has 2 aliphatic rings. The van der Waals surface area contributed by atoms with Gasteiger partial charge < -0.3 is 19.4 Å². The van der Waals surface area contributed by atoms with Gasteiger partial charge in [0.05, 0.1) is 5.52 Å². The Morgan fingerprint density at radius 2 is 1.79 bits per heavy atom. The maximum absolute atomic E-state index is 12.6. The molecular formula is C21H23N5O3. The maximum atomic E-state index is 12.6. The number of piperazine rings is 1. The molecule has 150 valence electrons. The first kappa shape index (κ1) is 17.9. The van der Waals surface area contributed by atoms with E-state index in [1.165, 1.54) is 0 Å². The van der Waals surface area contributed by atoms with Crippen molar-refractivity contribution in [1.82, 2.24) is 19.9 Å². The molecule has 0 atom stereocenters. The van der Waals surface area contributed by atoms with Gasteiger partial charge >= 0.3 is 0 Å². The predicted molar refractivity (Wildman–Crippen MR) is 110 cm³/mol. The molecule has 1 N–H and O–H groups in total. The van der Waals surface area contributed by atoms with Gasteiger partial charge in [-0.3, -0.25) is 9.69 Å². The first-order chi connectivity index (χ1) is 14.1. The zero-order valence-electron chi connectivity index (χ0n) is 16.6. The monoisotopic (exact) mass is 393 g/mol. The van der Waals surface area contributed by atoms with Crippen molar-refractivity contribution >= 4 is 16.7 Å². The molecule has 3 aromatic rings. The van der Waals surface area contributed by atoms with E-state index in [0.29, 0.717) is 12.3 Å². The Kier molecular flexibility index (Phi) is 4.35. The number of hydrogen-bond acceptors (Lipinski definition) is 7. The fraction of sp³-hybridized carbons (Fsp3) is 0.381. The van der Waals surface area contributed by atoms with E-state index >= 15 is 0 Å². The van der Waals surface area contributed by atoms with Gasteiger partial charge in [0, 0.05) is 61.0 Å². The number of aromatic nitrogens is 3. The smallest absolute Gasteiger partial charge is 0.252 e. The number of aryl methyl sites for hydroxylation is 1. The minimum atomic E-state index is -0.0546. The highest BCUT2D eigenvalue weighted by Crippen LogP contribution is 2.35. The summed E-state index contributed by atoms with van der Waals surface area (Å²) in [6.45, 7) is 8.42. The van der Waals surface area contributed by atoms with E-state index in [1.807, 2.05) is 25.1 Å². The molecular weight excluding hydrogens is 370 g/mol. The number of fused-ring (bicyclic) bond motifs is 2. The predicted octanol–water partition coefficient (Wildman–Crippen LogP) is 1.99. The fourth-order valence-corrected chi connectivity index (χ4v) is 3.96. The van der Waals surface area contributed by atoms with Crippen LogP contribution in [0.1, 0.15) is 16.8 Å². The molecule has 5 rings (SSSR count). The van der Waals surface area contributed by atoms with Crippen LogP contribution >= 0.6 is 0 Å². The van der Waals surface area contributed by atoms with E-state index in [4.69, 9.17) is 9.47 Å². The van der Waals surface area contributed by atoms with Crippen molar-refractivity contribution in [2.45, 2.75) is 20.4 Å². The van der Waals surface area contributed by atoms with Gasteiger partial charge in [-0.25, -0.2) is 9.97 Å². The molecule has 0 spiro atoms. The second-order valence-electron chi connectivity index (χ2n) is 7.59. The van der Waals surface area contributed by atoms with Crippen molar-refractivity contribution in [3.8, 4) is 11.5 Å². The number of benzene rings is 1. The summed E-state index contributed by atoms with van der Waals surface area (Å²) in [5, 5.41) is 0.953. The minimum Gasteiger partial charge on any atom is -0.454 e. The van der Waals surface area contributed by atoms with Crippen LogP contribution in [0.2, 0.25) is 0 Å². The summed E-state index contributed by atoms with van der Waals surface area (Å²) in [4.78, 5) is 28.9. The summed E-state index contributed by atoms with van der Waals surface area (Å²) in [5.74, 6) is 2.41. The summed E-state index contributed by atoms with van der Waals surface area (Å²) >= 11 is 0. The number of nitrogens with zero attached hydrogens (tertiary/aromatic N) is 4. The van der Waals surface area contributed by atoms with Gasteiger partial charge in [-0.1, -0.05) is 0 Å². The van der Waals surface area contributed by atoms with Gasteiger partial charge in [-0.15, -0.1) is 0 Å². The molecule has 0 aliphatic carbocycles. The fourth-order valence-electron chi connectivity index (χ4n) is 3.96. The third kappa shape index (κ3) is 3.29. The van der Waals surface area contributed by atoms with Crippen molar-refractivity contribution in [2.24, 2.45) is 0 Å². The zero-order valence-corrected chi connectivity index (χ0v) is 16.6. The van der Waals surface area contributed by atoms with Crippen LogP contribution in [-0.2, 0) is 6.54 Å². The van der Waals surface area contributed by atoms with Gasteiger partial charge in [0.25, 0.3) is 5.56 Å². The topological polar surface area (TPSA) is 83.6 Å². The highest BCUT2D eigenvalue weighted by Gasteiger charge is 2.21. The molecule has 0 bridgehead atoms. The summed E-state index contributed by atoms with van der Waals surface area (Å²) in [7, 11) is 0. The van der Waals surface area contributed by atoms with Crippen LogP contribution in [0.3, 0.4) is 0 Å². The van der Waals surface area contributed by atoms with Crippen molar-refractivity contribution in [2.75, 3.05) is 37.9 Å². The third-order valence-corrected chi connectivity index (χ3v) is 5.79. The minimum absolute atomic E-state index is 0.0546. The third-order valence-electron chi connectivity index (χ3n) is 5.79. The number of hydrogen-bond donors (Lipinski definition) is 1. The van der Waals surface area contributed by atoms with Gasteiger partial charge in [-0.05, 0) is 26.0 Å². The van der Waals surface area contributed by atoms with Crippen LogP contribution < -0.4 is 19.9 Å². The Balaban J connectivity index is 1.32. The van der Waals surface area contributed by atoms with Crippen LogP contribution in [0.15, 0.2) is 29.3 Å². The molecule has 0 saturated carbocycles. The van der Waals surface area contributed by atoms with E-state index < -0.39 is 0 Å². The Morgan fingerprint density at radius 3 is 2.59 bits per heavy atom. The molecule has 4 heterocycles. The molecule has 1 aromatic carbocycles. The molecule has 1 saturated heterocycles. The number of nitrogens with one attached hydrogen (secondary N) is 1. The van der Waals surface area contributed by atoms with Crippen molar-refractivity contribution in [3.63, 3.8) is 0 Å². The van der Waals surface area contributed by atoms with Crippen LogP contribution in [-0.4, -0.2) is 52.8 Å². The standard InChI is InChI=1S/C21H23N5O3/c1-13-14(2)22-11-23-20(13)26-5-3-25(4-6-26)10-16-7-15-8-18-19(29-12-28-18)9-17(15)24-21(16)27/h7-9,11H,3-6,10,12H2,1-2H3,(H,24,27). The summed E-state index contributed by atoms with van der Waals surface area (Å²) in [6.07, 6.45) is 1.63. The summed E-state index contributed by atoms with van der Waals surface area (Å²) in [5.41, 5.74) is 3.62. The number of ether oxygens (including phenoxy) is 2. The van der Waals surface area contributed by atoms with Gasteiger partial charge in [0.15, 0.2) is 11.5 Å². The lowest BCUT2D eigenvalue weighted by atomic mass is 10.1. The Morgan fingerprint density at radius 1 is 1.03 bits per heavy atom. The van der Waals surface area contributed by atoms with E-state index in [9.17, 15) is 4.79 Å². The largest absolute Gasteiger partial charge is 0.454 e. The molecule has 0 radical (unpaired) electrons. The zero-order chi connectivity index (χ0) is 20.0. The second kappa shape index (κ2) is 7.04. The molecule has 2 aromatic heterocycles. The summed E-state index contributed by atoms with van der Waals surface area (Å²) in [6, 6.07) is 5.71. The van der Waals surface area contributed by atoms with Crippen molar-refractivity contribution in [3.05, 3.63) is 51.7 Å². The molecule has 29 heavy (non-hydrogen) atoms. The van der Waals surface area contributed by atoms with Gasteiger partial charge in [0.2, 0.25) is 6.79 Å². The number of pyridine rings is 1. The van der Waals surface area contributed by atoms with E-state index in [-0.39, 0.29) is 12.4 Å². The summed E-state index contributed by atoms with van der Waals surface area (Å²) < 4.78 is 10.9. The SMILES string of the molecule is Cc1ncnc(N2CCN(Cc3cc4cc5c(cc4[nH]c3=O)OCO5)CC2)c1C. The molecule has 8 heteroatoms. The molecule has 2 aliphatic heterocycles. The number of H-pyrrole nitrogens is 1. The first-order valence-electron chi connectivity index (χ1n) is 9.79. The lowest BCUT2D eigenvalue weighted by Crippen LogP contribution is -2.47. The molecule has 0 unspecified atom stereocenters. The van der Waals surface area contributed by atoms with E-state index in [1.54, 1.807) is 6.33 Å². The molecule has 8 nitrogen and oxygen atoms in total. The lowest BCUT2D eigenvalue weighted by molar-refractivity contribution is 0.174. The number of aromatic amines is 1. The maximum Gasteiger partial charge on any atom is 0.252 e. The van der Waals surface area contributed by atoms with Crippen LogP contribution in [0.4, 0.5) is 5.82 Å². The van der Waals surface area contributed by atoms with E-state index in [0.717, 1.165) is 65.5 Å². The first-order valence-corrected chi connectivity index (χ1v) is 9.79. The Bertz CT molecular complexity index is 1140. The van der Waals surface area contributed by atoms with E-state index in [2.05, 4.69) is 31.7 Å².